The summed E-state index contributed by atoms with van der Waals surface area (Å²) in [6.07, 6.45) is 8.76. The van der Waals surface area contributed by atoms with Gasteiger partial charge in [-0.2, -0.15) is 5.10 Å². The van der Waals surface area contributed by atoms with Crippen LogP contribution in [-0.2, 0) is 16.1 Å². The molecule has 2 amide bonds. The lowest BCUT2D eigenvalue weighted by atomic mass is 9.85. The molecule has 1 saturated heterocycles. The molecule has 7 nitrogen and oxygen atoms in total. The number of nitrogens with zero attached hydrogens (tertiary/aromatic N) is 3. The molecule has 2 aromatic rings. The van der Waals surface area contributed by atoms with E-state index in [9.17, 15) is 14.0 Å². The minimum Gasteiger partial charge on any atom is -0.376 e. The van der Waals surface area contributed by atoms with E-state index in [0.717, 1.165) is 26.0 Å². The summed E-state index contributed by atoms with van der Waals surface area (Å²) in [6, 6.07) is 5.79. The molecule has 1 aromatic carbocycles. The Morgan fingerprint density at radius 1 is 1.20 bits per heavy atom. The highest BCUT2D eigenvalue weighted by Gasteiger charge is 2.27. The molecule has 1 N–H and O–H groups in total. The summed E-state index contributed by atoms with van der Waals surface area (Å²) in [6.45, 7) is 2.24. The molecule has 1 saturated carbocycles. The van der Waals surface area contributed by atoms with E-state index in [4.69, 9.17) is 4.74 Å². The van der Waals surface area contributed by atoms with Crippen molar-refractivity contribution in [2.24, 2.45) is 5.92 Å². The molecule has 1 unspecified atom stereocenters. The standard InChI is InChI=1S/C22H27FN4O3/c23-20-9-2-1-8-19(20)22(29)25-17-11-24-27(13-17)15-21(28)26(12-16-5-3-6-16)14-18-7-4-10-30-18/h1-2,8-9,11,13,16,18H,3-7,10,12,14-15H2,(H,25,29). The van der Waals surface area contributed by atoms with Gasteiger partial charge in [-0.05, 0) is 43.7 Å². The van der Waals surface area contributed by atoms with Gasteiger partial charge in [-0.1, -0.05) is 18.6 Å². The first-order valence-electron chi connectivity index (χ1n) is 10.6. The van der Waals surface area contributed by atoms with E-state index in [0.29, 0.717) is 18.2 Å². The number of carbonyl (C=O) groups excluding carboxylic acids is 2. The normalized spacial score (nSPS) is 18.8. The van der Waals surface area contributed by atoms with E-state index in [1.807, 2.05) is 4.90 Å². The third-order valence-corrected chi connectivity index (χ3v) is 5.81. The minimum absolute atomic E-state index is 0.00696. The van der Waals surface area contributed by atoms with Gasteiger partial charge in [0.2, 0.25) is 5.91 Å². The molecule has 2 heterocycles. The first-order chi connectivity index (χ1) is 14.6. The maximum Gasteiger partial charge on any atom is 0.258 e. The van der Waals surface area contributed by atoms with E-state index in [1.165, 1.54) is 48.3 Å². The van der Waals surface area contributed by atoms with Gasteiger partial charge in [0.15, 0.2) is 0 Å². The summed E-state index contributed by atoms with van der Waals surface area (Å²) in [5.41, 5.74) is 0.380. The molecule has 1 atom stereocenters. The fraction of sp³-hybridized carbons (Fsp3) is 0.500. The fourth-order valence-corrected chi connectivity index (χ4v) is 3.90. The number of aromatic nitrogens is 2. The first kappa shape index (κ1) is 20.5. The van der Waals surface area contributed by atoms with Gasteiger partial charge in [-0.3, -0.25) is 14.3 Å². The molecule has 2 aliphatic rings. The third-order valence-electron chi connectivity index (χ3n) is 5.81. The molecule has 0 radical (unpaired) electrons. The van der Waals surface area contributed by atoms with Crippen LogP contribution in [0.5, 0.6) is 0 Å². The summed E-state index contributed by atoms with van der Waals surface area (Å²) < 4.78 is 21.0. The fourth-order valence-electron chi connectivity index (χ4n) is 3.90. The Balaban J connectivity index is 1.36. The van der Waals surface area contributed by atoms with E-state index in [-0.39, 0.29) is 24.1 Å². The van der Waals surface area contributed by atoms with Crippen molar-refractivity contribution >= 4 is 17.5 Å². The van der Waals surface area contributed by atoms with Crippen LogP contribution in [-0.4, -0.2) is 52.3 Å². The number of amides is 2. The smallest absolute Gasteiger partial charge is 0.258 e. The Morgan fingerprint density at radius 3 is 2.73 bits per heavy atom. The zero-order valence-electron chi connectivity index (χ0n) is 16.9. The van der Waals surface area contributed by atoms with Crippen molar-refractivity contribution < 1.29 is 18.7 Å². The van der Waals surface area contributed by atoms with Crippen molar-refractivity contribution in [1.82, 2.24) is 14.7 Å². The van der Waals surface area contributed by atoms with Crippen LogP contribution in [0.15, 0.2) is 36.7 Å². The Kier molecular flexibility index (Phi) is 6.42. The first-order valence-corrected chi connectivity index (χ1v) is 10.6. The molecule has 0 spiro atoms. The largest absolute Gasteiger partial charge is 0.376 e. The summed E-state index contributed by atoms with van der Waals surface area (Å²) in [4.78, 5) is 27.1. The Hall–Kier alpha value is -2.74. The van der Waals surface area contributed by atoms with E-state index >= 15 is 0 Å². The number of hydrogen-bond acceptors (Lipinski definition) is 4. The van der Waals surface area contributed by atoms with Gasteiger partial charge in [-0.15, -0.1) is 0 Å². The van der Waals surface area contributed by atoms with Crippen LogP contribution < -0.4 is 5.32 Å². The minimum atomic E-state index is -0.585. The molecule has 0 bridgehead atoms. The van der Waals surface area contributed by atoms with Gasteiger partial charge in [-0.25, -0.2) is 4.39 Å². The maximum atomic E-state index is 13.8. The SMILES string of the molecule is O=C(Nc1cnn(CC(=O)N(CC2CCC2)CC2CCCO2)c1)c1ccccc1F. The Bertz CT molecular complexity index is 890. The van der Waals surface area contributed by atoms with E-state index in [1.54, 1.807) is 12.3 Å². The number of nitrogens with one attached hydrogen (secondary N) is 1. The number of carbonyl (C=O) groups is 2. The van der Waals surface area contributed by atoms with Crippen molar-refractivity contribution in [3.8, 4) is 0 Å². The molecule has 4 rings (SSSR count). The lowest BCUT2D eigenvalue weighted by Gasteiger charge is -2.33. The zero-order chi connectivity index (χ0) is 20.9. The van der Waals surface area contributed by atoms with Crippen molar-refractivity contribution in [3.05, 3.63) is 48.0 Å². The van der Waals surface area contributed by atoms with Gasteiger partial charge >= 0.3 is 0 Å². The lowest BCUT2D eigenvalue weighted by molar-refractivity contribution is -0.134. The van der Waals surface area contributed by atoms with Crippen LogP contribution >= 0.6 is 0 Å². The predicted octanol–water partition coefficient (Wildman–Crippen LogP) is 3.08. The van der Waals surface area contributed by atoms with Crippen LogP contribution in [0.3, 0.4) is 0 Å². The summed E-state index contributed by atoms with van der Waals surface area (Å²) in [7, 11) is 0. The van der Waals surface area contributed by atoms with Crippen molar-refractivity contribution in [1.29, 1.82) is 0 Å². The van der Waals surface area contributed by atoms with Gasteiger partial charge in [0.1, 0.15) is 12.4 Å². The van der Waals surface area contributed by atoms with Crippen LogP contribution in [0.2, 0.25) is 0 Å². The lowest BCUT2D eigenvalue weighted by Crippen LogP contribution is -2.43. The van der Waals surface area contributed by atoms with E-state index in [2.05, 4.69) is 10.4 Å². The van der Waals surface area contributed by atoms with Gasteiger partial charge in [0.05, 0.1) is 23.6 Å². The highest BCUT2D eigenvalue weighted by Crippen LogP contribution is 2.28. The van der Waals surface area contributed by atoms with Crippen molar-refractivity contribution in [2.75, 3.05) is 25.0 Å². The van der Waals surface area contributed by atoms with Gasteiger partial charge < -0.3 is 15.0 Å². The van der Waals surface area contributed by atoms with Crippen LogP contribution in [0.1, 0.15) is 42.5 Å². The zero-order valence-corrected chi connectivity index (χ0v) is 16.9. The summed E-state index contributed by atoms with van der Waals surface area (Å²) >= 11 is 0. The summed E-state index contributed by atoms with van der Waals surface area (Å²) in [5, 5.41) is 6.81. The van der Waals surface area contributed by atoms with Crippen LogP contribution in [0, 0.1) is 11.7 Å². The van der Waals surface area contributed by atoms with Crippen molar-refractivity contribution in [2.45, 2.75) is 44.8 Å². The number of benzene rings is 1. The predicted molar refractivity (Wildman–Crippen MR) is 109 cm³/mol. The molecule has 2 fully saturated rings. The molecule has 8 heteroatoms. The number of ether oxygens (including phenoxy) is 1. The third kappa shape index (κ3) is 5.05. The highest BCUT2D eigenvalue weighted by molar-refractivity contribution is 6.04. The molecular formula is C22H27FN4O3. The van der Waals surface area contributed by atoms with Crippen molar-refractivity contribution in [3.63, 3.8) is 0 Å². The molecular weight excluding hydrogens is 387 g/mol. The molecule has 1 aliphatic heterocycles. The number of hydrogen-bond donors (Lipinski definition) is 1. The summed E-state index contributed by atoms with van der Waals surface area (Å²) in [5.74, 6) is -0.571. The Morgan fingerprint density at radius 2 is 2.03 bits per heavy atom. The average molecular weight is 414 g/mol. The molecule has 1 aliphatic carbocycles. The number of rotatable bonds is 8. The van der Waals surface area contributed by atoms with Crippen LogP contribution in [0.25, 0.3) is 0 Å². The number of anilines is 1. The average Bonchev–Trinajstić information content (AvgIpc) is 3.36. The molecule has 160 valence electrons. The monoisotopic (exact) mass is 414 g/mol. The maximum absolute atomic E-state index is 13.8. The highest BCUT2D eigenvalue weighted by atomic mass is 19.1. The molecule has 1 aromatic heterocycles. The second kappa shape index (κ2) is 9.38. The van der Waals surface area contributed by atoms with Gasteiger partial charge in [0, 0.05) is 25.9 Å². The van der Waals surface area contributed by atoms with Crippen LogP contribution in [0.4, 0.5) is 10.1 Å². The quantitative estimate of drug-likeness (QED) is 0.720. The molecule has 30 heavy (non-hydrogen) atoms. The Labute approximate surface area is 175 Å². The topological polar surface area (TPSA) is 76.5 Å². The van der Waals surface area contributed by atoms with Gasteiger partial charge in [0.25, 0.3) is 5.91 Å². The second-order valence-electron chi connectivity index (χ2n) is 8.09. The second-order valence-corrected chi connectivity index (χ2v) is 8.09. The van der Waals surface area contributed by atoms with E-state index < -0.39 is 11.7 Å². The number of halogens is 1.